The van der Waals surface area contributed by atoms with Crippen molar-refractivity contribution >= 4 is 39.3 Å². The van der Waals surface area contributed by atoms with Crippen LogP contribution in [0.4, 0.5) is 16.2 Å². The summed E-state index contributed by atoms with van der Waals surface area (Å²) in [6.45, 7) is 3.90. The van der Waals surface area contributed by atoms with Crippen molar-refractivity contribution in [3.63, 3.8) is 0 Å². The van der Waals surface area contributed by atoms with Crippen LogP contribution in [0.3, 0.4) is 0 Å². The van der Waals surface area contributed by atoms with E-state index in [0.29, 0.717) is 34.0 Å². The molecule has 9 heteroatoms. The van der Waals surface area contributed by atoms with Gasteiger partial charge in [0.25, 0.3) is 0 Å². The molecule has 0 aliphatic rings. The summed E-state index contributed by atoms with van der Waals surface area (Å²) >= 11 is 0. The number of alkyl carbamates (subject to hydrolysis) is 1. The number of amides is 1. The average molecular weight is 506 g/mol. The second-order valence-electron chi connectivity index (χ2n) is 8.64. The monoisotopic (exact) mass is 505 g/mol. The van der Waals surface area contributed by atoms with Crippen LogP contribution in [0.1, 0.15) is 19.4 Å². The third-order valence-corrected chi connectivity index (χ3v) is 5.76. The van der Waals surface area contributed by atoms with Gasteiger partial charge in [0.05, 0.1) is 45.2 Å². The maximum absolute atomic E-state index is 11.9. The molecular weight excluding hydrogens is 474 g/mol. The largest absolute Gasteiger partial charge is 0.493 e. The Labute approximate surface area is 215 Å². The van der Waals surface area contributed by atoms with E-state index in [9.17, 15) is 4.79 Å². The highest BCUT2D eigenvalue weighted by Gasteiger charge is 2.17. The first kappa shape index (κ1) is 25.7. The molecule has 4 rings (SSSR count). The number of methoxy groups -OCH3 is 4. The molecule has 0 atom stereocenters. The highest BCUT2D eigenvalue weighted by molar-refractivity contribution is 6.10. The predicted molar refractivity (Wildman–Crippen MR) is 144 cm³/mol. The number of aromatic nitrogens is 1. The molecule has 0 aliphatic heterocycles. The van der Waals surface area contributed by atoms with Gasteiger partial charge in [-0.15, -0.1) is 0 Å². The van der Waals surface area contributed by atoms with E-state index in [1.54, 1.807) is 28.4 Å². The first-order valence-electron chi connectivity index (χ1n) is 11.8. The molecule has 0 fully saturated rings. The van der Waals surface area contributed by atoms with E-state index in [1.807, 2.05) is 62.4 Å². The summed E-state index contributed by atoms with van der Waals surface area (Å²) in [5, 5.41) is 7.92. The Morgan fingerprint density at radius 3 is 1.86 bits per heavy atom. The average Bonchev–Trinajstić information content (AvgIpc) is 2.90. The van der Waals surface area contributed by atoms with Crippen molar-refractivity contribution in [2.24, 2.45) is 0 Å². The number of anilines is 2. The number of nitrogens with zero attached hydrogens (tertiary/aromatic N) is 1. The van der Waals surface area contributed by atoms with Gasteiger partial charge < -0.3 is 34.3 Å². The van der Waals surface area contributed by atoms with Gasteiger partial charge in [-0.25, -0.2) is 9.78 Å². The van der Waals surface area contributed by atoms with E-state index in [1.165, 1.54) is 0 Å². The number of hydrogen-bond acceptors (Lipinski definition) is 8. The summed E-state index contributed by atoms with van der Waals surface area (Å²) in [4.78, 5) is 16.8. The molecular formula is C28H31N3O6. The molecule has 0 aliphatic carbocycles. The fourth-order valence-electron chi connectivity index (χ4n) is 4.04. The lowest BCUT2D eigenvalue weighted by Gasteiger charge is -2.18. The Morgan fingerprint density at radius 2 is 1.35 bits per heavy atom. The first-order chi connectivity index (χ1) is 17.9. The predicted octanol–water partition coefficient (Wildman–Crippen LogP) is 5.80. The molecule has 0 radical (unpaired) electrons. The summed E-state index contributed by atoms with van der Waals surface area (Å²) in [5.74, 6) is 2.31. The number of rotatable bonds is 9. The molecule has 0 saturated heterocycles. The summed E-state index contributed by atoms with van der Waals surface area (Å²) in [5.41, 5.74) is 3.88. The molecule has 194 valence electrons. The van der Waals surface area contributed by atoms with E-state index < -0.39 is 6.09 Å². The number of nitrogens with one attached hydrogen (secondary N) is 2. The molecule has 3 aromatic carbocycles. The summed E-state index contributed by atoms with van der Waals surface area (Å²) < 4.78 is 27.5. The minimum Gasteiger partial charge on any atom is -0.493 e. The summed E-state index contributed by atoms with van der Waals surface area (Å²) in [6.07, 6.45) is -0.457. The maximum atomic E-state index is 11.9. The van der Waals surface area contributed by atoms with Crippen LogP contribution in [0.15, 0.2) is 48.5 Å². The van der Waals surface area contributed by atoms with Crippen molar-refractivity contribution in [3.8, 4) is 23.0 Å². The van der Waals surface area contributed by atoms with Crippen LogP contribution in [-0.2, 0) is 11.3 Å². The van der Waals surface area contributed by atoms with Crippen LogP contribution in [0.25, 0.3) is 21.8 Å². The smallest absolute Gasteiger partial charge is 0.407 e. The molecule has 0 spiro atoms. The molecule has 1 heterocycles. The topological polar surface area (TPSA) is 100 Å². The second kappa shape index (κ2) is 11.1. The van der Waals surface area contributed by atoms with Crippen LogP contribution in [-0.4, -0.2) is 45.6 Å². The third kappa shape index (κ3) is 5.55. The highest BCUT2D eigenvalue weighted by atomic mass is 16.5. The first-order valence-corrected chi connectivity index (χ1v) is 11.8. The van der Waals surface area contributed by atoms with Crippen molar-refractivity contribution in [1.29, 1.82) is 0 Å². The lowest BCUT2D eigenvalue weighted by Crippen LogP contribution is -2.30. The molecule has 2 N–H and O–H groups in total. The van der Waals surface area contributed by atoms with Crippen molar-refractivity contribution in [2.75, 3.05) is 33.8 Å². The van der Waals surface area contributed by atoms with Crippen molar-refractivity contribution in [3.05, 3.63) is 54.1 Å². The highest BCUT2D eigenvalue weighted by Crippen LogP contribution is 2.42. The molecule has 37 heavy (non-hydrogen) atoms. The molecule has 1 aromatic heterocycles. The van der Waals surface area contributed by atoms with Gasteiger partial charge in [-0.05, 0) is 43.7 Å². The summed E-state index contributed by atoms with van der Waals surface area (Å²) in [7, 11) is 6.37. The van der Waals surface area contributed by atoms with Crippen LogP contribution < -0.4 is 29.6 Å². The van der Waals surface area contributed by atoms with Crippen molar-refractivity contribution < 1.29 is 28.5 Å². The fourth-order valence-corrected chi connectivity index (χ4v) is 4.04. The van der Waals surface area contributed by atoms with Crippen LogP contribution in [0.5, 0.6) is 23.0 Å². The minimum atomic E-state index is -0.457. The third-order valence-electron chi connectivity index (χ3n) is 5.76. The number of carbonyl (C=O) groups excluding carboxylic acids is 1. The van der Waals surface area contributed by atoms with Gasteiger partial charge >= 0.3 is 6.09 Å². The van der Waals surface area contributed by atoms with Gasteiger partial charge in [0.15, 0.2) is 23.0 Å². The van der Waals surface area contributed by atoms with Crippen LogP contribution in [0.2, 0.25) is 0 Å². The summed E-state index contributed by atoms with van der Waals surface area (Å²) in [6, 6.07) is 15.1. The van der Waals surface area contributed by atoms with Gasteiger partial charge in [-0.1, -0.05) is 12.1 Å². The number of fused-ring (bicyclic) bond motifs is 2. The number of benzene rings is 3. The molecule has 0 saturated carbocycles. The Hall–Kier alpha value is -4.40. The van der Waals surface area contributed by atoms with E-state index in [2.05, 4.69) is 10.6 Å². The molecule has 0 bridgehead atoms. The second-order valence-corrected chi connectivity index (χ2v) is 8.64. The SMILES string of the molecule is COc1cc2nc3cc(OC)c(OC)cc3c(Nc3cccc(COC(=O)NC(C)C)c3)c2cc1OC. The van der Waals surface area contributed by atoms with Crippen molar-refractivity contribution in [1.82, 2.24) is 10.3 Å². The minimum absolute atomic E-state index is 0.0000144. The number of carbonyl (C=O) groups is 1. The number of pyridine rings is 1. The van der Waals surface area contributed by atoms with Gasteiger partial charge in [-0.2, -0.15) is 0 Å². The number of hydrogen-bond donors (Lipinski definition) is 2. The van der Waals surface area contributed by atoms with Gasteiger partial charge in [0, 0.05) is 34.6 Å². The van der Waals surface area contributed by atoms with Crippen LogP contribution >= 0.6 is 0 Å². The normalized spacial score (nSPS) is 10.9. The van der Waals surface area contributed by atoms with E-state index in [4.69, 9.17) is 28.7 Å². The van der Waals surface area contributed by atoms with Gasteiger partial charge in [0.2, 0.25) is 0 Å². The lowest BCUT2D eigenvalue weighted by molar-refractivity contribution is 0.137. The Kier molecular flexibility index (Phi) is 7.71. The standard InChI is InChI=1S/C28H31N3O6/c1-16(2)29-28(32)37-15-17-8-7-9-18(10-17)30-27-19-11-23(33-3)25(35-5)13-21(19)31-22-14-26(36-6)24(34-4)12-20(22)27/h7-14,16H,15H2,1-6H3,(H,29,32)(H,30,31). The zero-order valence-electron chi connectivity index (χ0n) is 21.8. The fraction of sp³-hybridized carbons (Fsp3) is 0.286. The Morgan fingerprint density at radius 1 is 0.811 bits per heavy atom. The van der Waals surface area contributed by atoms with E-state index >= 15 is 0 Å². The maximum Gasteiger partial charge on any atom is 0.407 e. The quantitative estimate of drug-likeness (QED) is 0.275. The Bertz CT molecular complexity index is 1370. The molecule has 0 unspecified atom stereocenters. The Balaban J connectivity index is 1.82. The zero-order valence-corrected chi connectivity index (χ0v) is 21.8. The van der Waals surface area contributed by atoms with Gasteiger partial charge in [-0.3, -0.25) is 0 Å². The lowest BCUT2D eigenvalue weighted by atomic mass is 10.1. The van der Waals surface area contributed by atoms with Crippen molar-refractivity contribution in [2.45, 2.75) is 26.5 Å². The zero-order chi connectivity index (χ0) is 26.5. The molecule has 4 aromatic rings. The molecule has 9 nitrogen and oxygen atoms in total. The molecule has 1 amide bonds. The van der Waals surface area contributed by atoms with Gasteiger partial charge in [0.1, 0.15) is 6.61 Å². The van der Waals surface area contributed by atoms with E-state index in [-0.39, 0.29) is 12.6 Å². The van der Waals surface area contributed by atoms with E-state index in [0.717, 1.165) is 27.7 Å². The number of ether oxygens (including phenoxy) is 5. The van der Waals surface area contributed by atoms with Crippen LogP contribution in [0, 0.1) is 0 Å².